The van der Waals surface area contributed by atoms with Crippen LogP contribution in [0, 0.1) is 5.92 Å². The van der Waals surface area contributed by atoms with Gasteiger partial charge in [-0.25, -0.2) is 0 Å². The SMILES string of the molecule is C1=NC2CC2C1. The van der Waals surface area contributed by atoms with Crippen molar-refractivity contribution in [2.45, 2.75) is 18.9 Å². The van der Waals surface area contributed by atoms with Gasteiger partial charge in [0.15, 0.2) is 0 Å². The van der Waals surface area contributed by atoms with Crippen LogP contribution in [0.2, 0.25) is 0 Å². The molecule has 1 heteroatoms. The highest BCUT2D eigenvalue weighted by atomic mass is 14.9. The molecule has 2 atom stereocenters. The molecule has 0 bridgehead atoms. The van der Waals surface area contributed by atoms with Crippen LogP contribution in [0.4, 0.5) is 0 Å². The fourth-order valence-corrected chi connectivity index (χ4v) is 0.999. The van der Waals surface area contributed by atoms with Crippen LogP contribution in [-0.2, 0) is 0 Å². The largest absolute Gasteiger partial charge is 0.294 e. The van der Waals surface area contributed by atoms with Crippen molar-refractivity contribution in [2.75, 3.05) is 0 Å². The molecule has 0 aromatic rings. The van der Waals surface area contributed by atoms with Crippen molar-refractivity contribution in [1.29, 1.82) is 0 Å². The Morgan fingerprint density at radius 1 is 1.67 bits per heavy atom. The zero-order chi connectivity index (χ0) is 3.98. The first-order valence-corrected chi connectivity index (χ1v) is 2.48. The summed E-state index contributed by atoms with van der Waals surface area (Å²) in [4.78, 5) is 4.19. The molecule has 0 aromatic carbocycles. The normalized spacial score (nSPS) is 49.3. The molecule has 2 aliphatic rings. The molecule has 6 heavy (non-hydrogen) atoms. The van der Waals surface area contributed by atoms with E-state index >= 15 is 0 Å². The molecule has 32 valence electrons. The van der Waals surface area contributed by atoms with Crippen molar-refractivity contribution in [3.8, 4) is 0 Å². The molecule has 2 rings (SSSR count). The fraction of sp³-hybridized carbons (Fsp3) is 0.800. The van der Waals surface area contributed by atoms with Crippen LogP contribution in [0.5, 0.6) is 0 Å². The average molecular weight is 81.1 g/mol. The van der Waals surface area contributed by atoms with Crippen molar-refractivity contribution >= 4 is 6.21 Å². The zero-order valence-corrected chi connectivity index (χ0v) is 3.59. The molecule has 2 unspecified atom stereocenters. The third-order valence-corrected chi connectivity index (χ3v) is 1.59. The highest BCUT2D eigenvalue weighted by molar-refractivity contribution is 5.62. The summed E-state index contributed by atoms with van der Waals surface area (Å²) in [7, 11) is 0. The third kappa shape index (κ3) is 0.192. The Morgan fingerprint density at radius 2 is 2.67 bits per heavy atom. The minimum atomic E-state index is 0.782. The second kappa shape index (κ2) is 0.673. The molecule has 1 fully saturated rings. The van der Waals surface area contributed by atoms with E-state index in [1.54, 1.807) is 0 Å². The molecule has 0 spiro atoms. The number of hydrogen-bond donors (Lipinski definition) is 0. The minimum Gasteiger partial charge on any atom is -0.294 e. The van der Waals surface area contributed by atoms with E-state index in [4.69, 9.17) is 0 Å². The van der Waals surface area contributed by atoms with Crippen LogP contribution in [0.1, 0.15) is 12.8 Å². The van der Waals surface area contributed by atoms with Crippen molar-refractivity contribution in [3.05, 3.63) is 0 Å². The third-order valence-electron chi connectivity index (χ3n) is 1.59. The van der Waals surface area contributed by atoms with Gasteiger partial charge < -0.3 is 0 Å². The second-order valence-electron chi connectivity index (χ2n) is 2.13. The van der Waals surface area contributed by atoms with Gasteiger partial charge in [0.1, 0.15) is 0 Å². The summed E-state index contributed by atoms with van der Waals surface area (Å²) in [6, 6.07) is 0.782. The standard InChI is InChI=1S/C5H7N/c1-2-6-5-3-4(1)5/h2,4-5H,1,3H2. The maximum absolute atomic E-state index is 4.19. The summed E-state index contributed by atoms with van der Waals surface area (Å²) < 4.78 is 0. The molecule has 0 radical (unpaired) electrons. The van der Waals surface area contributed by atoms with Crippen molar-refractivity contribution in [2.24, 2.45) is 10.9 Å². The van der Waals surface area contributed by atoms with E-state index in [1.807, 2.05) is 0 Å². The Bertz CT molecular complexity index is 96.1. The Kier molecular flexibility index (Phi) is 0.312. The van der Waals surface area contributed by atoms with Crippen LogP contribution in [0.15, 0.2) is 4.99 Å². The van der Waals surface area contributed by atoms with E-state index < -0.39 is 0 Å². The lowest BCUT2D eigenvalue weighted by molar-refractivity contribution is 0.898. The van der Waals surface area contributed by atoms with E-state index in [9.17, 15) is 0 Å². The maximum atomic E-state index is 4.19. The highest BCUT2D eigenvalue weighted by Crippen LogP contribution is 2.39. The van der Waals surface area contributed by atoms with Gasteiger partial charge in [-0.1, -0.05) is 0 Å². The maximum Gasteiger partial charge on any atom is 0.0531 e. The number of rotatable bonds is 0. The predicted octanol–water partition coefficient (Wildman–Crippen LogP) is 0.849. The van der Waals surface area contributed by atoms with E-state index in [0.717, 1.165) is 12.0 Å². The van der Waals surface area contributed by atoms with Gasteiger partial charge in [0, 0.05) is 0 Å². The summed E-state index contributed by atoms with van der Waals surface area (Å²) in [5.74, 6) is 0.991. The summed E-state index contributed by atoms with van der Waals surface area (Å²) in [5, 5.41) is 0. The fourth-order valence-electron chi connectivity index (χ4n) is 0.999. The summed E-state index contributed by atoms with van der Waals surface area (Å²) in [5.41, 5.74) is 0. The zero-order valence-electron chi connectivity index (χ0n) is 3.59. The Balaban J connectivity index is 2.26. The molecule has 1 saturated carbocycles. The highest BCUT2D eigenvalue weighted by Gasteiger charge is 2.38. The van der Waals surface area contributed by atoms with Gasteiger partial charge in [-0.2, -0.15) is 0 Å². The molecule has 0 saturated heterocycles. The predicted molar refractivity (Wildman–Crippen MR) is 25.0 cm³/mol. The van der Waals surface area contributed by atoms with Gasteiger partial charge in [-0.15, -0.1) is 0 Å². The molecule has 1 nitrogen and oxygen atoms in total. The van der Waals surface area contributed by atoms with Crippen LogP contribution < -0.4 is 0 Å². The van der Waals surface area contributed by atoms with E-state index in [1.165, 1.54) is 12.8 Å². The Morgan fingerprint density at radius 3 is 2.83 bits per heavy atom. The van der Waals surface area contributed by atoms with E-state index in [0.29, 0.717) is 0 Å². The van der Waals surface area contributed by atoms with Gasteiger partial charge in [-0.3, -0.25) is 4.99 Å². The number of nitrogens with zero attached hydrogens (tertiary/aromatic N) is 1. The van der Waals surface area contributed by atoms with Crippen LogP contribution in [0.3, 0.4) is 0 Å². The first-order chi connectivity index (χ1) is 2.97. The average Bonchev–Trinajstić information content (AvgIpc) is 2.17. The van der Waals surface area contributed by atoms with Crippen molar-refractivity contribution in [3.63, 3.8) is 0 Å². The number of hydrogen-bond acceptors (Lipinski definition) is 1. The van der Waals surface area contributed by atoms with Gasteiger partial charge in [0.05, 0.1) is 6.04 Å². The first kappa shape index (κ1) is 2.78. The molecular formula is C5H7N. The molecule has 0 aromatic heterocycles. The van der Waals surface area contributed by atoms with E-state index in [2.05, 4.69) is 11.2 Å². The van der Waals surface area contributed by atoms with Crippen LogP contribution >= 0.6 is 0 Å². The quantitative estimate of drug-likeness (QED) is 0.410. The molecule has 0 N–H and O–H groups in total. The lowest BCUT2D eigenvalue weighted by Crippen LogP contribution is -1.68. The van der Waals surface area contributed by atoms with Gasteiger partial charge in [-0.05, 0) is 25.0 Å². The summed E-state index contributed by atoms with van der Waals surface area (Å²) >= 11 is 0. The monoisotopic (exact) mass is 81.1 g/mol. The van der Waals surface area contributed by atoms with Crippen molar-refractivity contribution < 1.29 is 0 Å². The van der Waals surface area contributed by atoms with Gasteiger partial charge in [0.2, 0.25) is 0 Å². The van der Waals surface area contributed by atoms with Gasteiger partial charge in [0.25, 0.3) is 0 Å². The molecule has 0 amide bonds. The summed E-state index contributed by atoms with van der Waals surface area (Å²) in [6.45, 7) is 0. The smallest absolute Gasteiger partial charge is 0.0531 e. The number of aliphatic imine (C=N–C) groups is 1. The Labute approximate surface area is 37.1 Å². The first-order valence-electron chi connectivity index (χ1n) is 2.48. The molecule has 1 aliphatic heterocycles. The van der Waals surface area contributed by atoms with Gasteiger partial charge >= 0.3 is 0 Å². The molecular weight excluding hydrogens is 74.1 g/mol. The van der Waals surface area contributed by atoms with E-state index in [-0.39, 0.29) is 0 Å². The summed E-state index contributed by atoms with van der Waals surface area (Å²) in [6.07, 6.45) is 4.71. The lowest BCUT2D eigenvalue weighted by Gasteiger charge is -1.69. The minimum absolute atomic E-state index is 0.782. The Hall–Kier alpha value is -0.330. The van der Waals surface area contributed by atoms with Crippen LogP contribution in [0.25, 0.3) is 0 Å². The second-order valence-corrected chi connectivity index (χ2v) is 2.13. The number of fused-ring (bicyclic) bond motifs is 1. The van der Waals surface area contributed by atoms with Crippen LogP contribution in [-0.4, -0.2) is 12.3 Å². The topological polar surface area (TPSA) is 12.4 Å². The molecule has 1 heterocycles. The van der Waals surface area contributed by atoms with Crippen molar-refractivity contribution in [1.82, 2.24) is 0 Å². The lowest BCUT2D eigenvalue weighted by atomic mass is 10.3. The molecule has 1 aliphatic carbocycles.